The minimum Gasteiger partial charge on any atom is -0.480 e. The van der Waals surface area contributed by atoms with Gasteiger partial charge in [0.1, 0.15) is 6.54 Å². The fourth-order valence-electron chi connectivity index (χ4n) is 0.495. The number of amides is 2. The first-order chi connectivity index (χ1) is 5.57. The molecule has 0 saturated carbocycles. The van der Waals surface area contributed by atoms with Crippen LogP contribution in [-0.2, 0) is 4.79 Å². The van der Waals surface area contributed by atoms with Gasteiger partial charge in [-0.3, -0.25) is 4.79 Å². The smallest absolute Gasteiger partial charge is 0.323 e. The van der Waals surface area contributed by atoms with Crippen LogP contribution in [0, 0.1) is 12.3 Å². The van der Waals surface area contributed by atoms with Crippen LogP contribution in [0.2, 0.25) is 0 Å². The number of carbonyl (C=O) groups is 2. The van der Waals surface area contributed by atoms with Crippen LogP contribution in [0.1, 0.15) is 0 Å². The Labute approximate surface area is 70.4 Å². The summed E-state index contributed by atoms with van der Waals surface area (Å²) < 4.78 is 0. The highest BCUT2D eigenvalue weighted by Gasteiger charge is 2.06. The number of terminal acetylenes is 1. The number of hydrogen-bond acceptors (Lipinski definition) is 2. The summed E-state index contributed by atoms with van der Waals surface area (Å²) >= 11 is 0. The molecule has 0 unspecified atom stereocenters. The summed E-state index contributed by atoms with van der Waals surface area (Å²) in [5, 5.41) is 10.4. The summed E-state index contributed by atoms with van der Waals surface area (Å²) in [6.07, 6.45) is 4.94. The predicted molar refractivity (Wildman–Crippen MR) is 42.5 cm³/mol. The lowest BCUT2D eigenvalue weighted by Crippen LogP contribution is -2.39. The zero-order valence-corrected chi connectivity index (χ0v) is 6.70. The van der Waals surface area contributed by atoms with Crippen molar-refractivity contribution in [1.29, 1.82) is 0 Å². The molecular weight excluding hydrogens is 160 g/mol. The second kappa shape index (κ2) is 5.02. The van der Waals surface area contributed by atoms with Crippen molar-refractivity contribution < 1.29 is 14.7 Å². The van der Waals surface area contributed by atoms with Gasteiger partial charge in [0.05, 0.1) is 6.54 Å². The van der Waals surface area contributed by atoms with Crippen molar-refractivity contribution in [2.75, 3.05) is 20.1 Å². The number of hydrogen-bond donors (Lipinski definition) is 2. The summed E-state index contributed by atoms with van der Waals surface area (Å²) in [5.41, 5.74) is 0. The topological polar surface area (TPSA) is 69.6 Å². The van der Waals surface area contributed by atoms with Gasteiger partial charge in [-0.1, -0.05) is 5.92 Å². The number of nitrogens with one attached hydrogen (secondary N) is 1. The molecule has 66 valence electrons. The van der Waals surface area contributed by atoms with Gasteiger partial charge in [-0.2, -0.15) is 0 Å². The van der Waals surface area contributed by atoms with E-state index in [2.05, 4.69) is 11.2 Å². The van der Waals surface area contributed by atoms with Crippen LogP contribution >= 0.6 is 0 Å². The number of carboxylic acids is 1. The van der Waals surface area contributed by atoms with Crippen molar-refractivity contribution in [2.24, 2.45) is 0 Å². The normalized spacial score (nSPS) is 8.33. The van der Waals surface area contributed by atoms with Crippen LogP contribution in [0.5, 0.6) is 0 Å². The third-order valence-corrected chi connectivity index (χ3v) is 1.07. The molecule has 0 rings (SSSR count). The van der Waals surface area contributed by atoms with Crippen LogP contribution in [-0.4, -0.2) is 42.1 Å². The molecule has 2 N–H and O–H groups in total. The molecule has 0 spiro atoms. The van der Waals surface area contributed by atoms with E-state index in [1.54, 1.807) is 0 Å². The second-order valence-electron chi connectivity index (χ2n) is 2.11. The minimum atomic E-state index is -1.09. The molecule has 0 aliphatic carbocycles. The first-order valence-electron chi connectivity index (χ1n) is 3.22. The number of nitrogens with zero attached hydrogens (tertiary/aromatic N) is 1. The number of aliphatic carboxylic acids is 1. The molecule has 0 aromatic heterocycles. The molecule has 0 radical (unpaired) electrons. The SMILES string of the molecule is C#CCN(C)C(=O)NCC(=O)O. The van der Waals surface area contributed by atoms with Crippen LogP contribution < -0.4 is 5.32 Å². The summed E-state index contributed by atoms with van der Waals surface area (Å²) in [6.45, 7) is -0.237. The van der Waals surface area contributed by atoms with E-state index in [-0.39, 0.29) is 6.54 Å². The Morgan fingerprint density at radius 1 is 1.67 bits per heavy atom. The maximum Gasteiger partial charge on any atom is 0.323 e. The van der Waals surface area contributed by atoms with Gasteiger partial charge in [0.15, 0.2) is 0 Å². The standard InChI is InChI=1S/C7H10N2O3/c1-3-4-9(2)7(12)8-5-6(10)11/h1H,4-5H2,2H3,(H,8,12)(H,10,11). The van der Waals surface area contributed by atoms with Crippen molar-refractivity contribution in [3.8, 4) is 12.3 Å². The van der Waals surface area contributed by atoms with Gasteiger partial charge in [0, 0.05) is 7.05 Å². The van der Waals surface area contributed by atoms with Crippen LogP contribution in [0.15, 0.2) is 0 Å². The van der Waals surface area contributed by atoms with Crippen LogP contribution in [0.3, 0.4) is 0 Å². The highest BCUT2D eigenvalue weighted by Crippen LogP contribution is 1.81. The van der Waals surface area contributed by atoms with Crippen molar-refractivity contribution >= 4 is 12.0 Å². The molecule has 12 heavy (non-hydrogen) atoms. The van der Waals surface area contributed by atoms with Gasteiger partial charge < -0.3 is 15.3 Å². The molecule has 5 nitrogen and oxygen atoms in total. The lowest BCUT2D eigenvalue weighted by atomic mass is 10.6. The van der Waals surface area contributed by atoms with Crippen molar-refractivity contribution in [2.45, 2.75) is 0 Å². The Bertz CT molecular complexity index is 219. The Morgan fingerprint density at radius 2 is 2.25 bits per heavy atom. The number of urea groups is 1. The van der Waals surface area contributed by atoms with Gasteiger partial charge in [0.25, 0.3) is 0 Å². The average molecular weight is 170 g/mol. The monoisotopic (exact) mass is 170 g/mol. The largest absolute Gasteiger partial charge is 0.480 e. The second-order valence-corrected chi connectivity index (χ2v) is 2.11. The number of rotatable bonds is 3. The highest BCUT2D eigenvalue weighted by atomic mass is 16.4. The van der Waals surface area contributed by atoms with Crippen molar-refractivity contribution in [1.82, 2.24) is 10.2 Å². The molecule has 0 bridgehead atoms. The zero-order valence-electron chi connectivity index (χ0n) is 6.70. The van der Waals surface area contributed by atoms with E-state index in [0.717, 1.165) is 0 Å². The molecule has 0 aliphatic heterocycles. The summed E-state index contributed by atoms with van der Waals surface area (Å²) in [7, 11) is 1.48. The Balaban J connectivity index is 3.73. The predicted octanol–water partition coefficient (Wildman–Crippen LogP) is -0.654. The van der Waals surface area contributed by atoms with Gasteiger partial charge in [-0.25, -0.2) is 4.79 Å². The summed E-state index contributed by atoms with van der Waals surface area (Å²) in [5.74, 6) is 1.17. The lowest BCUT2D eigenvalue weighted by molar-refractivity contribution is -0.135. The molecule has 0 aromatic rings. The molecule has 0 aliphatic rings. The van der Waals surface area contributed by atoms with Crippen molar-refractivity contribution in [3.63, 3.8) is 0 Å². The molecule has 0 saturated heterocycles. The van der Waals surface area contributed by atoms with E-state index >= 15 is 0 Å². The van der Waals surface area contributed by atoms with E-state index in [1.165, 1.54) is 11.9 Å². The van der Waals surface area contributed by atoms with E-state index in [4.69, 9.17) is 11.5 Å². The van der Waals surface area contributed by atoms with Gasteiger partial charge in [0.2, 0.25) is 0 Å². The van der Waals surface area contributed by atoms with Crippen LogP contribution in [0.25, 0.3) is 0 Å². The summed E-state index contributed by atoms with van der Waals surface area (Å²) in [4.78, 5) is 22.1. The first-order valence-corrected chi connectivity index (χ1v) is 3.22. The Kier molecular flexibility index (Phi) is 4.31. The summed E-state index contributed by atoms with van der Waals surface area (Å²) in [6, 6.07) is -0.490. The van der Waals surface area contributed by atoms with Gasteiger partial charge in [-0.05, 0) is 0 Å². The molecule has 0 atom stereocenters. The van der Waals surface area contributed by atoms with Gasteiger partial charge in [-0.15, -0.1) is 6.42 Å². The Hall–Kier alpha value is -1.70. The van der Waals surface area contributed by atoms with Crippen LogP contribution in [0.4, 0.5) is 4.79 Å². The first kappa shape index (κ1) is 10.3. The molecule has 0 fully saturated rings. The molecule has 5 heteroatoms. The maximum atomic E-state index is 10.9. The quantitative estimate of drug-likeness (QED) is 0.553. The van der Waals surface area contributed by atoms with Gasteiger partial charge >= 0.3 is 12.0 Å². The Morgan fingerprint density at radius 3 is 2.67 bits per heavy atom. The average Bonchev–Trinajstić information content (AvgIpc) is 2.00. The van der Waals surface area contributed by atoms with E-state index < -0.39 is 18.5 Å². The molecular formula is C7H10N2O3. The number of carboxylic acid groups (broad SMARTS) is 1. The molecule has 0 heterocycles. The molecule has 2 amide bonds. The number of carbonyl (C=O) groups excluding carboxylic acids is 1. The molecule has 0 aromatic carbocycles. The third kappa shape index (κ3) is 4.17. The zero-order chi connectivity index (χ0) is 9.56. The van der Waals surface area contributed by atoms with Crippen molar-refractivity contribution in [3.05, 3.63) is 0 Å². The van der Waals surface area contributed by atoms with E-state index in [9.17, 15) is 9.59 Å². The minimum absolute atomic E-state index is 0.158. The van der Waals surface area contributed by atoms with E-state index in [0.29, 0.717) is 0 Å². The maximum absolute atomic E-state index is 10.9. The fourth-order valence-corrected chi connectivity index (χ4v) is 0.495. The van der Waals surface area contributed by atoms with E-state index in [1.807, 2.05) is 0 Å². The third-order valence-electron chi connectivity index (χ3n) is 1.07. The lowest BCUT2D eigenvalue weighted by Gasteiger charge is -2.13. The fraction of sp³-hybridized carbons (Fsp3) is 0.429. The highest BCUT2D eigenvalue weighted by molar-refractivity contribution is 5.79.